The highest BCUT2D eigenvalue weighted by molar-refractivity contribution is 9.11. The zero-order valence-electron chi connectivity index (χ0n) is 8.84. The lowest BCUT2D eigenvalue weighted by atomic mass is 10.2. The van der Waals surface area contributed by atoms with Gasteiger partial charge in [-0.25, -0.2) is 4.68 Å². The van der Waals surface area contributed by atoms with Crippen molar-refractivity contribution in [2.45, 2.75) is 0 Å². The summed E-state index contributed by atoms with van der Waals surface area (Å²) in [5.41, 5.74) is 0.849. The van der Waals surface area contributed by atoms with E-state index in [4.69, 9.17) is 4.74 Å². The lowest BCUT2D eigenvalue weighted by molar-refractivity contribution is 0.411. The fourth-order valence-corrected chi connectivity index (χ4v) is 2.70. The van der Waals surface area contributed by atoms with Crippen molar-refractivity contribution in [3.8, 4) is 5.75 Å². The molecule has 0 amide bonds. The third kappa shape index (κ3) is 2.92. The molecule has 0 N–H and O–H groups in total. The molecule has 0 unspecified atom stereocenters. The molecule has 0 aliphatic carbocycles. The molecule has 2 rings (SSSR count). The zero-order valence-corrected chi connectivity index (χ0v) is 12.0. The van der Waals surface area contributed by atoms with Crippen LogP contribution in [0.5, 0.6) is 5.75 Å². The fourth-order valence-electron chi connectivity index (χ4n) is 1.28. The summed E-state index contributed by atoms with van der Waals surface area (Å²) < 4.78 is 8.61. The van der Waals surface area contributed by atoms with E-state index < -0.39 is 0 Å². The molecule has 17 heavy (non-hydrogen) atoms. The zero-order chi connectivity index (χ0) is 12.3. The van der Waals surface area contributed by atoms with Gasteiger partial charge in [-0.1, -0.05) is 15.9 Å². The maximum absolute atomic E-state index is 5.30. The third-order valence-electron chi connectivity index (χ3n) is 1.98. The van der Waals surface area contributed by atoms with Crippen molar-refractivity contribution in [1.29, 1.82) is 0 Å². The predicted octanol–water partition coefficient (Wildman–Crippen LogP) is 2.69. The summed E-state index contributed by atoms with van der Waals surface area (Å²) in [6.07, 6.45) is 4.70. The average Bonchev–Trinajstić information content (AvgIpc) is 2.78. The van der Waals surface area contributed by atoms with Crippen molar-refractivity contribution in [1.82, 2.24) is 14.9 Å². The van der Waals surface area contributed by atoms with E-state index in [1.807, 2.05) is 12.1 Å². The molecule has 0 atom stereocenters. The second-order valence-electron chi connectivity index (χ2n) is 3.10. The summed E-state index contributed by atoms with van der Waals surface area (Å²) in [4.78, 5) is 0. The van der Waals surface area contributed by atoms with Crippen molar-refractivity contribution < 1.29 is 4.74 Å². The summed E-state index contributed by atoms with van der Waals surface area (Å²) >= 11 is 6.85. The summed E-state index contributed by atoms with van der Waals surface area (Å²) in [7, 11) is 1.62. The van der Waals surface area contributed by atoms with E-state index in [9.17, 15) is 0 Å². The van der Waals surface area contributed by atoms with Crippen LogP contribution in [0.25, 0.3) is 0 Å². The molecule has 2 aromatic rings. The van der Waals surface area contributed by atoms with E-state index in [2.05, 4.69) is 47.2 Å². The standard InChI is InChI=1S/C10H8Br2N4O/c1-17-10-7(2-8(11)3-9(10)12)4-15-16-5-13-14-6-16/h2-6H,1H3. The first-order valence-corrected chi connectivity index (χ1v) is 6.21. The van der Waals surface area contributed by atoms with Crippen LogP contribution in [0.3, 0.4) is 0 Å². The lowest BCUT2D eigenvalue weighted by Gasteiger charge is -2.07. The molecular formula is C10H8Br2N4O. The van der Waals surface area contributed by atoms with E-state index in [0.29, 0.717) is 0 Å². The van der Waals surface area contributed by atoms with Gasteiger partial charge in [-0.05, 0) is 28.1 Å². The summed E-state index contributed by atoms with van der Waals surface area (Å²) in [6, 6.07) is 3.83. The molecule has 0 fully saturated rings. The first kappa shape index (κ1) is 12.3. The largest absolute Gasteiger partial charge is 0.495 e. The Labute approximate surface area is 115 Å². The molecule has 0 aliphatic rings. The van der Waals surface area contributed by atoms with Gasteiger partial charge in [0.15, 0.2) is 0 Å². The minimum atomic E-state index is 0.727. The van der Waals surface area contributed by atoms with Crippen LogP contribution in [0.4, 0.5) is 0 Å². The molecule has 0 bridgehead atoms. The maximum atomic E-state index is 5.30. The summed E-state index contributed by atoms with van der Waals surface area (Å²) in [6.45, 7) is 0. The minimum absolute atomic E-state index is 0.727. The van der Waals surface area contributed by atoms with Gasteiger partial charge in [-0.3, -0.25) is 0 Å². The Morgan fingerprint density at radius 1 is 1.29 bits per heavy atom. The monoisotopic (exact) mass is 358 g/mol. The molecule has 0 radical (unpaired) electrons. The molecule has 0 spiro atoms. The Hall–Kier alpha value is -1.21. The van der Waals surface area contributed by atoms with Crippen molar-refractivity contribution in [3.63, 3.8) is 0 Å². The Bertz CT molecular complexity index is 539. The predicted molar refractivity (Wildman–Crippen MR) is 71.4 cm³/mol. The second-order valence-corrected chi connectivity index (χ2v) is 4.87. The summed E-state index contributed by atoms with van der Waals surface area (Å²) in [5.74, 6) is 0.727. The number of hydrogen-bond acceptors (Lipinski definition) is 4. The Balaban J connectivity index is 2.38. The van der Waals surface area contributed by atoms with Gasteiger partial charge in [-0.2, -0.15) is 5.10 Å². The van der Waals surface area contributed by atoms with E-state index in [1.165, 1.54) is 17.3 Å². The van der Waals surface area contributed by atoms with Crippen molar-refractivity contribution in [3.05, 3.63) is 39.3 Å². The SMILES string of the molecule is COc1c(Br)cc(Br)cc1C=Nn1cnnc1. The number of aromatic nitrogens is 3. The van der Waals surface area contributed by atoms with Gasteiger partial charge in [0.1, 0.15) is 18.4 Å². The first-order chi connectivity index (χ1) is 8.20. The molecule has 5 nitrogen and oxygen atoms in total. The lowest BCUT2D eigenvalue weighted by Crippen LogP contribution is -1.94. The molecule has 0 saturated carbocycles. The van der Waals surface area contributed by atoms with Crippen LogP contribution in [-0.4, -0.2) is 28.2 Å². The second kappa shape index (κ2) is 5.42. The topological polar surface area (TPSA) is 52.3 Å². The van der Waals surface area contributed by atoms with Crippen LogP contribution >= 0.6 is 31.9 Å². The number of benzene rings is 1. The highest BCUT2D eigenvalue weighted by Gasteiger charge is 2.07. The minimum Gasteiger partial charge on any atom is -0.495 e. The molecule has 88 valence electrons. The van der Waals surface area contributed by atoms with Crippen LogP contribution in [0, 0.1) is 0 Å². The Morgan fingerprint density at radius 2 is 2.00 bits per heavy atom. The van der Waals surface area contributed by atoms with E-state index >= 15 is 0 Å². The highest BCUT2D eigenvalue weighted by Crippen LogP contribution is 2.31. The van der Waals surface area contributed by atoms with Crippen LogP contribution in [0.1, 0.15) is 5.56 Å². The number of rotatable bonds is 3. The molecule has 1 heterocycles. The average molecular weight is 360 g/mol. The fraction of sp³-hybridized carbons (Fsp3) is 0.100. The van der Waals surface area contributed by atoms with Crippen LogP contribution in [-0.2, 0) is 0 Å². The quantitative estimate of drug-likeness (QED) is 0.791. The normalized spacial score (nSPS) is 11.0. The van der Waals surface area contributed by atoms with Gasteiger partial charge in [0.2, 0.25) is 0 Å². The van der Waals surface area contributed by atoms with Crippen molar-refractivity contribution >= 4 is 38.1 Å². The molecule has 0 saturated heterocycles. The summed E-state index contributed by atoms with van der Waals surface area (Å²) in [5, 5.41) is 11.5. The number of hydrogen-bond donors (Lipinski definition) is 0. The van der Waals surface area contributed by atoms with Crippen LogP contribution in [0.15, 0.2) is 38.8 Å². The molecule has 0 aliphatic heterocycles. The number of methoxy groups -OCH3 is 1. The van der Waals surface area contributed by atoms with Crippen molar-refractivity contribution in [2.75, 3.05) is 7.11 Å². The first-order valence-electron chi connectivity index (χ1n) is 4.62. The van der Waals surface area contributed by atoms with E-state index in [1.54, 1.807) is 13.3 Å². The van der Waals surface area contributed by atoms with Crippen LogP contribution in [0.2, 0.25) is 0 Å². The van der Waals surface area contributed by atoms with E-state index in [0.717, 1.165) is 20.3 Å². The van der Waals surface area contributed by atoms with Gasteiger partial charge in [-0.15, -0.1) is 10.2 Å². The Morgan fingerprint density at radius 3 is 2.65 bits per heavy atom. The number of nitrogens with zero attached hydrogens (tertiary/aromatic N) is 4. The Kier molecular flexibility index (Phi) is 3.90. The van der Waals surface area contributed by atoms with Crippen molar-refractivity contribution in [2.24, 2.45) is 5.10 Å². The van der Waals surface area contributed by atoms with E-state index in [-0.39, 0.29) is 0 Å². The van der Waals surface area contributed by atoms with Gasteiger partial charge in [0.25, 0.3) is 0 Å². The molecule has 1 aromatic carbocycles. The molecule has 1 aromatic heterocycles. The van der Waals surface area contributed by atoms with Crippen LogP contribution < -0.4 is 4.74 Å². The molecular weight excluding hydrogens is 352 g/mol. The maximum Gasteiger partial charge on any atom is 0.141 e. The van der Waals surface area contributed by atoms with Gasteiger partial charge >= 0.3 is 0 Å². The van der Waals surface area contributed by atoms with Gasteiger partial charge < -0.3 is 4.74 Å². The highest BCUT2D eigenvalue weighted by atomic mass is 79.9. The van der Waals surface area contributed by atoms with Gasteiger partial charge in [0.05, 0.1) is 17.8 Å². The van der Waals surface area contributed by atoms with Gasteiger partial charge in [0, 0.05) is 10.0 Å². The smallest absolute Gasteiger partial charge is 0.141 e. The number of ether oxygens (including phenoxy) is 1. The molecule has 7 heteroatoms. The number of halogens is 2. The third-order valence-corrected chi connectivity index (χ3v) is 3.02.